The monoisotopic (exact) mass is 388 g/mol. The first-order chi connectivity index (χ1) is 12.8. The van der Waals surface area contributed by atoms with E-state index in [-0.39, 0.29) is 4.90 Å². The molecule has 0 saturated carbocycles. The number of nitrogens with zero attached hydrogens (tertiary/aromatic N) is 2. The summed E-state index contributed by atoms with van der Waals surface area (Å²) in [6.07, 6.45) is 0. The van der Waals surface area contributed by atoms with E-state index in [9.17, 15) is 8.42 Å². The van der Waals surface area contributed by atoms with Crippen molar-refractivity contribution in [2.24, 2.45) is 4.99 Å². The molecule has 7 heteroatoms. The van der Waals surface area contributed by atoms with Crippen LogP contribution in [0.4, 0.5) is 0 Å². The molecular weight excluding hydrogens is 360 g/mol. The smallest absolute Gasteiger partial charge is 0.242 e. The van der Waals surface area contributed by atoms with Crippen molar-refractivity contribution in [1.29, 1.82) is 0 Å². The number of hydrogen-bond acceptors (Lipinski definition) is 3. The standard InChI is InChI=1S/C20H28N4O2S/c1-5-21-20(23-15-18-9-7-6-8-16(18)2)22-14-17-10-12-19(13-11-17)27(25,26)24(3)4/h6-13H,5,14-15H2,1-4H3,(H2,21,22,23). The molecule has 0 bridgehead atoms. The third-order valence-corrected chi connectivity index (χ3v) is 6.00. The van der Waals surface area contributed by atoms with E-state index in [1.807, 2.05) is 19.1 Å². The predicted octanol–water partition coefficient (Wildman–Crippen LogP) is 2.50. The van der Waals surface area contributed by atoms with Gasteiger partial charge < -0.3 is 10.6 Å². The van der Waals surface area contributed by atoms with Crippen LogP contribution in [-0.4, -0.2) is 39.3 Å². The number of aryl methyl sites for hydroxylation is 1. The second kappa shape index (κ2) is 9.53. The molecule has 0 aliphatic rings. The Bertz CT molecular complexity index is 875. The third-order valence-electron chi connectivity index (χ3n) is 4.17. The van der Waals surface area contributed by atoms with E-state index < -0.39 is 10.0 Å². The topological polar surface area (TPSA) is 73.8 Å². The molecule has 0 fully saturated rings. The van der Waals surface area contributed by atoms with Gasteiger partial charge in [-0.3, -0.25) is 0 Å². The minimum absolute atomic E-state index is 0.282. The highest BCUT2D eigenvalue weighted by atomic mass is 32.2. The van der Waals surface area contributed by atoms with Crippen molar-refractivity contribution >= 4 is 16.0 Å². The summed E-state index contributed by atoms with van der Waals surface area (Å²) in [5, 5.41) is 6.56. The summed E-state index contributed by atoms with van der Waals surface area (Å²) in [5.74, 6) is 0.728. The first-order valence-corrected chi connectivity index (χ1v) is 10.4. The van der Waals surface area contributed by atoms with Crippen molar-refractivity contribution in [1.82, 2.24) is 14.9 Å². The number of hydrogen-bond donors (Lipinski definition) is 2. The Balaban J connectivity index is 2.05. The summed E-state index contributed by atoms with van der Waals surface area (Å²) < 4.78 is 25.4. The molecule has 0 unspecified atom stereocenters. The average Bonchev–Trinajstić information content (AvgIpc) is 2.65. The number of sulfonamides is 1. The number of guanidine groups is 1. The Morgan fingerprint density at radius 1 is 1.04 bits per heavy atom. The highest BCUT2D eigenvalue weighted by Crippen LogP contribution is 2.14. The Kier molecular flexibility index (Phi) is 7.38. The van der Waals surface area contributed by atoms with Gasteiger partial charge >= 0.3 is 0 Å². The number of aliphatic imine (C=N–C) groups is 1. The van der Waals surface area contributed by atoms with E-state index in [4.69, 9.17) is 0 Å². The molecule has 2 N–H and O–H groups in total. The first kappa shape index (κ1) is 20.9. The molecule has 146 valence electrons. The maximum atomic E-state index is 12.1. The van der Waals surface area contributed by atoms with Crippen LogP contribution in [0, 0.1) is 6.92 Å². The fraction of sp³-hybridized carbons (Fsp3) is 0.350. The molecule has 2 rings (SSSR count). The molecule has 6 nitrogen and oxygen atoms in total. The zero-order valence-corrected chi connectivity index (χ0v) is 17.2. The molecular formula is C20H28N4O2S. The van der Waals surface area contributed by atoms with Gasteiger partial charge in [0.15, 0.2) is 5.96 Å². The average molecular weight is 389 g/mol. The molecule has 0 aliphatic heterocycles. The van der Waals surface area contributed by atoms with Crippen molar-refractivity contribution in [3.8, 4) is 0 Å². The van der Waals surface area contributed by atoms with Gasteiger partial charge in [-0.2, -0.15) is 0 Å². The van der Waals surface area contributed by atoms with Crippen LogP contribution in [-0.2, 0) is 23.1 Å². The van der Waals surface area contributed by atoms with Crippen molar-refractivity contribution in [3.63, 3.8) is 0 Å². The summed E-state index contributed by atoms with van der Waals surface area (Å²) in [4.78, 5) is 4.87. The molecule has 0 amide bonds. The molecule has 0 heterocycles. The van der Waals surface area contributed by atoms with Crippen molar-refractivity contribution in [3.05, 3.63) is 65.2 Å². The van der Waals surface area contributed by atoms with Gasteiger partial charge in [0.05, 0.1) is 11.4 Å². The zero-order chi connectivity index (χ0) is 19.9. The highest BCUT2D eigenvalue weighted by Gasteiger charge is 2.16. The molecule has 0 radical (unpaired) electrons. The Morgan fingerprint density at radius 2 is 1.70 bits per heavy atom. The third kappa shape index (κ3) is 5.80. The molecule has 0 spiro atoms. The highest BCUT2D eigenvalue weighted by molar-refractivity contribution is 7.89. The molecule has 27 heavy (non-hydrogen) atoms. The fourth-order valence-corrected chi connectivity index (χ4v) is 3.38. The van der Waals surface area contributed by atoms with Crippen LogP contribution in [0.5, 0.6) is 0 Å². The van der Waals surface area contributed by atoms with Crippen LogP contribution in [0.3, 0.4) is 0 Å². The van der Waals surface area contributed by atoms with Crippen LogP contribution >= 0.6 is 0 Å². The van der Waals surface area contributed by atoms with Crippen molar-refractivity contribution in [2.45, 2.75) is 31.8 Å². The van der Waals surface area contributed by atoms with E-state index in [1.165, 1.54) is 29.5 Å². The lowest BCUT2D eigenvalue weighted by Gasteiger charge is -2.13. The second-order valence-electron chi connectivity index (χ2n) is 6.41. The van der Waals surface area contributed by atoms with E-state index in [0.717, 1.165) is 18.1 Å². The molecule has 0 aromatic heterocycles. The maximum Gasteiger partial charge on any atom is 0.242 e. The maximum absolute atomic E-state index is 12.1. The summed E-state index contributed by atoms with van der Waals surface area (Å²) in [7, 11) is -0.356. The number of rotatable bonds is 7. The quantitative estimate of drug-likeness (QED) is 0.565. The molecule has 0 saturated heterocycles. The normalized spacial score (nSPS) is 12.3. The number of benzene rings is 2. The van der Waals surface area contributed by atoms with E-state index in [2.05, 4.69) is 34.7 Å². The summed E-state index contributed by atoms with van der Waals surface area (Å²) in [5.41, 5.74) is 3.40. The molecule has 2 aromatic carbocycles. The lowest BCUT2D eigenvalue weighted by atomic mass is 10.1. The lowest BCUT2D eigenvalue weighted by Crippen LogP contribution is -2.36. The fourth-order valence-electron chi connectivity index (χ4n) is 2.48. The van der Waals surface area contributed by atoms with Gasteiger partial charge in [0.1, 0.15) is 0 Å². The zero-order valence-electron chi connectivity index (χ0n) is 16.4. The van der Waals surface area contributed by atoms with Gasteiger partial charge in [-0.05, 0) is 42.7 Å². The predicted molar refractivity (Wildman–Crippen MR) is 110 cm³/mol. The first-order valence-electron chi connectivity index (χ1n) is 8.92. The summed E-state index contributed by atoms with van der Waals surface area (Å²) in [6, 6.07) is 15.1. The molecule has 0 atom stereocenters. The van der Waals surface area contributed by atoms with Crippen LogP contribution < -0.4 is 10.6 Å². The molecule has 2 aromatic rings. The van der Waals surface area contributed by atoms with Crippen molar-refractivity contribution in [2.75, 3.05) is 20.6 Å². The van der Waals surface area contributed by atoms with E-state index in [1.54, 1.807) is 24.3 Å². The van der Waals surface area contributed by atoms with Gasteiger partial charge in [-0.15, -0.1) is 0 Å². The van der Waals surface area contributed by atoms with Crippen molar-refractivity contribution < 1.29 is 8.42 Å². The van der Waals surface area contributed by atoms with Crippen LogP contribution in [0.25, 0.3) is 0 Å². The number of nitrogens with one attached hydrogen (secondary N) is 2. The van der Waals surface area contributed by atoms with Crippen LogP contribution in [0.2, 0.25) is 0 Å². The Hall–Kier alpha value is -2.38. The van der Waals surface area contributed by atoms with Gasteiger partial charge in [0.25, 0.3) is 0 Å². The minimum Gasteiger partial charge on any atom is -0.357 e. The molecule has 0 aliphatic carbocycles. The van der Waals surface area contributed by atoms with Gasteiger partial charge in [-0.1, -0.05) is 36.4 Å². The summed E-state index contributed by atoms with van der Waals surface area (Å²) >= 11 is 0. The van der Waals surface area contributed by atoms with Gasteiger partial charge in [-0.25, -0.2) is 17.7 Å². The van der Waals surface area contributed by atoms with Crippen LogP contribution in [0.15, 0.2) is 58.4 Å². The van der Waals surface area contributed by atoms with Gasteiger partial charge in [0.2, 0.25) is 10.0 Å². The SMILES string of the molecule is CCNC(=NCc1ccc(S(=O)(=O)N(C)C)cc1)NCc1ccccc1C. The van der Waals surface area contributed by atoms with E-state index in [0.29, 0.717) is 13.1 Å². The Morgan fingerprint density at radius 3 is 2.30 bits per heavy atom. The second-order valence-corrected chi connectivity index (χ2v) is 8.56. The van der Waals surface area contributed by atoms with Gasteiger partial charge in [0, 0.05) is 27.2 Å². The largest absolute Gasteiger partial charge is 0.357 e. The van der Waals surface area contributed by atoms with E-state index >= 15 is 0 Å². The Labute approximate surface area is 162 Å². The van der Waals surface area contributed by atoms with Crippen LogP contribution in [0.1, 0.15) is 23.6 Å². The lowest BCUT2D eigenvalue weighted by molar-refractivity contribution is 0.520. The minimum atomic E-state index is -3.40. The summed E-state index contributed by atoms with van der Waals surface area (Å²) in [6.45, 7) is 6.03.